The Kier molecular flexibility index (Phi) is 5.56. The molecule has 1 aliphatic heterocycles. The second-order valence-corrected chi connectivity index (χ2v) is 6.59. The van der Waals surface area contributed by atoms with Crippen molar-refractivity contribution < 1.29 is 36.3 Å². The number of aliphatic carboxylic acids is 1. The van der Waals surface area contributed by atoms with Gasteiger partial charge in [-0.15, -0.1) is 0 Å². The van der Waals surface area contributed by atoms with Crippen molar-refractivity contribution in [1.29, 1.82) is 0 Å². The van der Waals surface area contributed by atoms with Gasteiger partial charge in [0.25, 0.3) is 0 Å². The molecule has 1 saturated heterocycles. The highest BCUT2D eigenvalue weighted by molar-refractivity contribution is 7.89. The van der Waals surface area contributed by atoms with Crippen molar-refractivity contribution >= 4 is 21.9 Å². The van der Waals surface area contributed by atoms with Gasteiger partial charge in [-0.25, -0.2) is 8.42 Å². The van der Waals surface area contributed by atoms with Gasteiger partial charge in [0.15, 0.2) is 0 Å². The highest BCUT2D eigenvalue weighted by atomic mass is 32.2. The molecule has 0 aromatic carbocycles. The quantitative estimate of drug-likeness (QED) is 0.709. The Morgan fingerprint density at radius 1 is 1.43 bits per heavy atom. The lowest BCUT2D eigenvalue weighted by Crippen LogP contribution is -2.58. The van der Waals surface area contributed by atoms with Gasteiger partial charge in [0.05, 0.1) is 12.2 Å². The predicted octanol–water partition coefficient (Wildman–Crippen LogP) is -0.0662. The van der Waals surface area contributed by atoms with E-state index < -0.39 is 59.1 Å². The molecule has 0 aliphatic carbocycles. The molecule has 1 rings (SSSR count). The molecule has 1 unspecified atom stereocenters. The number of alkyl halides is 3. The Labute approximate surface area is 119 Å². The summed E-state index contributed by atoms with van der Waals surface area (Å²) in [5.41, 5.74) is 0. The maximum Gasteiger partial charge on any atom is 0.389 e. The third kappa shape index (κ3) is 5.50. The van der Waals surface area contributed by atoms with Crippen LogP contribution in [0.2, 0.25) is 0 Å². The maximum atomic E-state index is 12.0. The van der Waals surface area contributed by atoms with Crippen molar-refractivity contribution in [1.82, 2.24) is 9.62 Å². The summed E-state index contributed by atoms with van der Waals surface area (Å²) in [4.78, 5) is 22.2. The minimum Gasteiger partial charge on any atom is -0.481 e. The second-order valence-electron chi connectivity index (χ2n) is 4.55. The highest BCUT2D eigenvalue weighted by Gasteiger charge is 2.39. The minimum atomic E-state index is -4.46. The van der Waals surface area contributed by atoms with Crippen LogP contribution in [0.1, 0.15) is 19.3 Å². The summed E-state index contributed by atoms with van der Waals surface area (Å²) < 4.78 is 60.8. The van der Waals surface area contributed by atoms with Crippen LogP contribution in [-0.2, 0) is 19.6 Å². The van der Waals surface area contributed by atoms with E-state index in [0.717, 1.165) is 0 Å². The fourth-order valence-electron chi connectivity index (χ4n) is 1.96. The van der Waals surface area contributed by atoms with Crippen molar-refractivity contribution in [2.24, 2.45) is 0 Å². The normalized spacial score (nSPS) is 21.1. The number of nitrogens with zero attached hydrogens (tertiary/aromatic N) is 1. The van der Waals surface area contributed by atoms with Crippen LogP contribution in [0.4, 0.5) is 13.2 Å². The molecule has 0 bridgehead atoms. The molecule has 1 aliphatic rings. The van der Waals surface area contributed by atoms with E-state index in [4.69, 9.17) is 5.11 Å². The lowest BCUT2D eigenvalue weighted by Gasteiger charge is -2.33. The lowest BCUT2D eigenvalue weighted by atomic mass is 10.1. The summed E-state index contributed by atoms with van der Waals surface area (Å²) in [6.07, 6.45) is -7.08. The molecule has 11 heteroatoms. The number of carboxylic acid groups (broad SMARTS) is 1. The van der Waals surface area contributed by atoms with E-state index in [-0.39, 0.29) is 13.1 Å². The number of sulfonamides is 1. The first-order valence-electron chi connectivity index (χ1n) is 6.09. The smallest absolute Gasteiger partial charge is 0.389 e. The fourth-order valence-corrected chi connectivity index (χ4v) is 3.63. The molecule has 1 fully saturated rings. The lowest BCUT2D eigenvalue weighted by molar-refractivity contribution is -0.141. The third-order valence-corrected chi connectivity index (χ3v) is 4.83. The molecule has 1 heterocycles. The average Bonchev–Trinajstić information content (AvgIpc) is 2.29. The molecule has 1 amide bonds. The van der Waals surface area contributed by atoms with Gasteiger partial charge < -0.3 is 10.4 Å². The van der Waals surface area contributed by atoms with E-state index in [0.29, 0.717) is 4.31 Å². The zero-order chi connectivity index (χ0) is 16.3. The molecule has 0 aromatic heterocycles. The first kappa shape index (κ1) is 17.7. The highest BCUT2D eigenvalue weighted by Crippen LogP contribution is 2.23. The number of nitrogens with one attached hydrogen (secondary N) is 1. The Balaban J connectivity index is 2.78. The Bertz CT molecular complexity index is 505. The van der Waals surface area contributed by atoms with Crippen LogP contribution in [0.15, 0.2) is 0 Å². The maximum absolute atomic E-state index is 12.0. The van der Waals surface area contributed by atoms with Gasteiger partial charge in [-0.3, -0.25) is 9.59 Å². The van der Waals surface area contributed by atoms with E-state index >= 15 is 0 Å². The number of hydrogen-bond donors (Lipinski definition) is 2. The molecule has 7 nitrogen and oxygen atoms in total. The van der Waals surface area contributed by atoms with E-state index in [1.165, 1.54) is 0 Å². The monoisotopic (exact) mass is 332 g/mol. The summed E-state index contributed by atoms with van der Waals surface area (Å²) >= 11 is 0. The fraction of sp³-hybridized carbons (Fsp3) is 0.800. The van der Waals surface area contributed by atoms with Gasteiger partial charge in [0, 0.05) is 19.5 Å². The zero-order valence-corrected chi connectivity index (χ0v) is 11.7. The number of carbonyl (C=O) groups is 2. The van der Waals surface area contributed by atoms with E-state index in [1.807, 2.05) is 0 Å². The number of amides is 1. The molecular weight excluding hydrogens is 317 g/mol. The first-order valence-corrected chi connectivity index (χ1v) is 7.69. The summed E-state index contributed by atoms with van der Waals surface area (Å²) in [6.45, 7) is -0.161. The van der Waals surface area contributed by atoms with Crippen LogP contribution in [0.5, 0.6) is 0 Å². The Hall–Kier alpha value is -1.36. The van der Waals surface area contributed by atoms with Crippen molar-refractivity contribution in [3.05, 3.63) is 0 Å². The van der Waals surface area contributed by atoms with Crippen LogP contribution in [0, 0.1) is 0 Å². The summed E-state index contributed by atoms with van der Waals surface area (Å²) in [7, 11) is -4.12. The number of rotatable bonds is 6. The van der Waals surface area contributed by atoms with Gasteiger partial charge in [-0.05, 0) is 6.42 Å². The standard InChI is InChI=1S/C10H15F3N2O5S/c11-10(12,13)2-1-5-21(19,20)15-4-3-14-9(18)7(15)6-8(16)17/h7H,1-6H2,(H,14,18)(H,16,17). The van der Waals surface area contributed by atoms with Gasteiger partial charge in [0.2, 0.25) is 15.9 Å². The summed E-state index contributed by atoms with van der Waals surface area (Å²) in [6, 6.07) is -1.42. The van der Waals surface area contributed by atoms with Gasteiger partial charge >= 0.3 is 12.1 Å². The Morgan fingerprint density at radius 2 is 2.05 bits per heavy atom. The molecule has 122 valence electrons. The molecule has 0 spiro atoms. The molecular formula is C10H15F3N2O5S. The molecule has 0 radical (unpaired) electrons. The Morgan fingerprint density at radius 3 is 2.57 bits per heavy atom. The van der Waals surface area contributed by atoms with E-state index in [9.17, 15) is 31.2 Å². The largest absolute Gasteiger partial charge is 0.481 e. The third-order valence-electron chi connectivity index (χ3n) is 2.87. The van der Waals surface area contributed by atoms with Crippen LogP contribution in [0.3, 0.4) is 0 Å². The van der Waals surface area contributed by atoms with Crippen molar-refractivity contribution in [2.45, 2.75) is 31.5 Å². The number of halogens is 3. The summed E-state index contributed by atoms with van der Waals surface area (Å²) in [5, 5.41) is 11.0. The van der Waals surface area contributed by atoms with Crippen molar-refractivity contribution in [3.63, 3.8) is 0 Å². The second kappa shape index (κ2) is 6.60. The minimum absolute atomic E-state index is 0.00649. The molecule has 0 aromatic rings. The van der Waals surface area contributed by atoms with Gasteiger partial charge in [0.1, 0.15) is 6.04 Å². The van der Waals surface area contributed by atoms with E-state index in [1.54, 1.807) is 0 Å². The number of carbonyl (C=O) groups excluding carboxylic acids is 1. The van der Waals surface area contributed by atoms with E-state index in [2.05, 4.69) is 5.32 Å². The van der Waals surface area contributed by atoms with Crippen LogP contribution >= 0.6 is 0 Å². The van der Waals surface area contributed by atoms with Crippen molar-refractivity contribution in [3.8, 4) is 0 Å². The van der Waals surface area contributed by atoms with Crippen LogP contribution in [-0.4, -0.2) is 60.8 Å². The number of piperazine rings is 1. The van der Waals surface area contributed by atoms with Gasteiger partial charge in [-0.2, -0.15) is 17.5 Å². The van der Waals surface area contributed by atoms with Crippen LogP contribution < -0.4 is 5.32 Å². The average molecular weight is 332 g/mol. The van der Waals surface area contributed by atoms with Crippen LogP contribution in [0.25, 0.3) is 0 Å². The number of hydrogen-bond acceptors (Lipinski definition) is 4. The molecule has 1 atom stereocenters. The zero-order valence-electron chi connectivity index (χ0n) is 10.9. The van der Waals surface area contributed by atoms with Crippen molar-refractivity contribution in [2.75, 3.05) is 18.8 Å². The molecule has 21 heavy (non-hydrogen) atoms. The predicted molar refractivity (Wildman–Crippen MR) is 64.8 cm³/mol. The topological polar surface area (TPSA) is 104 Å². The van der Waals surface area contributed by atoms with Gasteiger partial charge in [-0.1, -0.05) is 0 Å². The number of carboxylic acids is 1. The SMILES string of the molecule is O=C(O)CC1C(=O)NCCN1S(=O)(=O)CCCC(F)(F)F. The molecule has 2 N–H and O–H groups in total. The summed E-state index contributed by atoms with van der Waals surface area (Å²) in [5.74, 6) is -2.91. The molecule has 0 saturated carbocycles. The first-order chi connectivity index (χ1) is 9.53.